The summed E-state index contributed by atoms with van der Waals surface area (Å²) in [5.41, 5.74) is 0.118. The Morgan fingerprint density at radius 2 is 2.08 bits per heavy atom. The van der Waals surface area contributed by atoms with Crippen LogP contribution >= 0.6 is 0 Å². The van der Waals surface area contributed by atoms with Gasteiger partial charge in [-0.15, -0.1) is 0 Å². The van der Waals surface area contributed by atoms with Gasteiger partial charge in [0.15, 0.2) is 0 Å². The van der Waals surface area contributed by atoms with E-state index in [2.05, 4.69) is 4.98 Å². The summed E-state index contributed by atoms with van der Waals surface area (Å²) in [6.07, 6.45) is 1.000. The fourth-order valence-electron chi connectivity index (χ4n) is 2.27. The van der Waals surface area contributed by atoms with Crippen molar-refractivity contribution in [1.82, 2.24) is 9.29 Å². The van der Waals surface area contributed by atoms with Gasteiger partial charge in [0.05, 0.1) is 28.5 Å². The molecule has 2 aromatic rings. The maximum Gasteiger partial charge on any atom is 0.270 e. The molecule has 0 unspecified atom stereocenters. The summed E-state index contributed by atoms with van der Waals surface area (Å²) in [5, 5.41) is 19.5. The molecule has 10 heteroatoms. The van der Waals surface area contributed by atoms with Gasteiger partial charge in [-0.25, -0.2) is 13.4 Å². The number of rotatable bonds is 5. The summed E-state index contributed by atoms with van der Waals surface area (Å²) < 4.78 is 31.7. The average Bonchev–Trinajstić information content (AvgIpc) is 2.58. The van der Waals surface area contributed by atoms with Crippen molar-refractivity contribution in [1.29, 1.82) is 5.26 Å². The van der Waals surface area contributed by atoms with Crippen LogP contribution in [-0.2, 0) is 10.0 Å². The number of hydrogen-bond acceptors (Lipinski definition) is 7. The predicted octanol–water partition coefficient (Wildman–Crippen LogP) is 1.31. The molecule has 0 atom stereocenters. The molecule has 0 bridgehead atoms. The Morgan fingerprint density at radius 1 is 1.32 bits per heavy atom. The third-order valence-corrected chi connectivity index (χ3v) is 5.46. The van der Waals surface area contributed by atoms with E-state index in [1.165, 1.54) is 34.8 Å². The summed E-state index contributed by atoms with van der Waals surface area (Å²) in [6, 6.07) is 9.95. The second-order valence-corrected chi connectivity index (χ2v) is 7.25. The molecule has 2 heterocycles. The summed E-state index contributed by atoms with van der Waals surface area (Å²) in [4.78, 5) is 14.0. The Morgan fingerprint density at radius 3 is 2.68 bits per heavy atom. The van der Waals surface area contributed by atoms with Crippen LogP contribution in [0.2, 0.25) is 0 Å². The fraction of sp³-hybridized carbons (Fsp3) is 0.200. The van der Waals surface area contributed by atoms with E-state index in [0.717, 1.165) is 6.07 Å². The van der Waals surface area contributed by atoms with Crippen LogP contribution in [0.4, 0.5) is 5.69 Å². The third-order valence-electron chi connectivity index (χ3n) is 3.63. The second kappa shape index (κ2) is 6.46. The molecule has 0 amide bonds. The van der Waals surface area contributed by atoms with Crippen molar-refractivity contribution in [3.8, 4) is 11.9 Å². The topological polar surface area (TPSA) is 126 Å². The van der Waals surface area contributed by atoms with Crippen LogP contribution in [-0.4, -0.2) is 41.8 Å². The number of nitriles is 1. The highest BCUT2D eigenvalue weighted by molar-refractivity contribution is 7.89. The van der Waals surface area contributed by atoms with Crippen LogP contribution in [0.3, 0.4) is 0 Å². The molecule has 0 radical (unpaired) electrons. The quantitative estimate of drug-likeness (QED) is 0.581. The minimum atomic E-state index is -3.81. The van der Waals surface area contributed by atoms with Crippen molar-refractivity contribution < 1.29 is 18.1 Å². The summed E-state index contributed by atoms with van der Waals surface area (Å²) in [5.74, 6) is 0.302. The number of aromatic nitrogens is 1. The molecule has 9 nitrogen and oxygen atoms in total. The molecule has 0 N–H and O–H groups in total. The first-order chi connectivity index (χ1) is 11.9. The molecular formula is C15H12N4O5S. The largest absolute Gasteiger partial charge is 0.472 e. The van der Waals surface area contributed by atoms with Gasteiger partial charge in [-0.05, 0) is 12.1 Å². The van der Waals surface area contributed by atoms with Gasteiger partial charge in [0, 0.05) is 24.4 Å². The van der Waals surface area contributed by atoms with Gasteiger partial charge in [0.25, 0.3) is 5.69 Å². The molecule has 0 spiro atoms. The lowest BCUT2D eigenvalue weighted by molar-refractivity contribution is -0.385. The zero-order valence-corrected chi connectivity index (χ0v) is 13.6. The minimum absolute atomic E-state index is 0.118. The Balaban J connectivity index is 1.65. The molecule has 0 aliphatic carbocycles. The van der Waals surface area contributed by atoms with E-state index in [1.54, 1.807) is 6.07 Å². The molecule has 1 aliphatic rings. The van der Waals surface area contributed by atoms with Gasteiger partial charge < -0.3 is 4.74 Å². The van der Waals surface area contributed by atoms with E-state index in [4.69, 9.17) is 10.00 Å². The maximum absolute atomic E-state index is 12.5. The molecule has 1 fully saturated rings. The molecule has 0 saturated carbocycles. The first-order valence-electron chi connectivity index (χ1n) is 7.17. The van der Waals surface area contributed by atoms with Crippen LogP contribution in [0, 0.1) is 21.4 Å². The number of pyridine rings is 1. The lowest BCUT2D eigenvalue weighted by atomic mass is 10.2. The molecule has 3 rings (SSSR count). The standard InChI is InChI=1S/C15H12N4O5S/c16-7-11-4-5-15(17-8-11)24-13-9-18(10-13)25(22,23)14-3-1-2-12(6-14)19(20)21/h1-6,8,13H,9-10H2. The third kappa shape index (κ3) is 3.42. The average molecular weight is 360 g/mol. The first-order valence-corrected chi connectivity index (χ1v) is 8.61. The predicted molar refractivity (Wildman–Crippen MR) is 85.2 cm³/mol. The van der Waals surface area contributed by atoms with Gasteiger partial charge in [0.2, 0.25) is 15.9 Å². The smallest absolute Gasteiger partial charge is 0.270 e. The number of nitro benzene ring substituents is 1. The van der Waals surface area contributed by atoms with Gasteiger partial charge in [-0.3, -0.25) is 10.1 Å². The Labute approximate surface area is 143 Å². The second-order valence-electron chi connectivity index (χ2n) is 5.31. The van der Waals surface area contributed by atoms with Crippen molar-refractivity contribution in [2.24, 2.45) is 0 Å². The number of non-ortho nitro benzene ring substituents is 1. The molecular weight excluding hydrogens is 348 g/mol. The van der Waals surface area contributed by atoms with Gasteiger partial charge in [0.1, 0.15) is 12.2 Å². The molecule has 25 heavy (non-hydrogen) atoms. The lowest BCUT2D eigenvalue weighted by Crippen LogP contribution is -2.56. The van der Waals surface area contributed by atoms with Crippen LogP contribution in [0.1, 0.15) is 5.56 Å². The van der Waals surface area contributed by atoms with Crippen molar-refractivity contribution in [2.45, 2.75) is 11.0 Å². The Hall–Kier alpha value is -3.03. The number of nitro groups is 1. The van der Waals surface area contributed by atoms with Crippen molar-refractivity contribution >= 4 is 15.7 Å². The number of ether oxygens (including phenoxy) is 1. The van der Waals surface area contributed by atoms with Crippen LogP contribution in [0.5, 0.6) is 5.88 Å². The van der Waals surface area contributed by atoms with Crippen LogP contribution in [0.15, 0.2) is 47.5 Å². The molecule has 128 valence electrons. The maximum atomic E-state index is 12.5. The zero-order chi connectivity index (χ0) is 18.0. The first kappa shape index (κ1) is 16.8. The van der Waals surface area contributed by atoms with E-state index in [0.29, 0.717) is 11.4 Å². The molecule has 1 aliphatic heterocycles. The summed E-state index contributed by atoms with van der Waals surface area (Å²) in [6.45, 7) is 0.236. The number of hydrogen-bond donors (Lipinski definition) is 0. The molecule has 1 saturated heterocycles. The van der Waals surface area contributed by atoms with E-state index < -0.39 is 14.9 Å². The highest BCUT2D eigenvalue weighted by Crippen LogP contribution is 2.26. The minimum Gasteiger partial charge on any atom is -0.472 e. The molecule has 1 aromatic carbocycles. The van der Waals surface area contributed by atoms with Crippen LogP contribution < -0.4 is 4.74 Å². The van der Waals surface area contributed by atoms with Crippen molar-refractivity contribution in [3.05, 3.63) is 58.3 Å². The number of benzene rings is 1. The monoisotopic (exact) mass is 360 g/mol. The van der Waals surface area contributed by atoms with E-state index in [-0.39, 0.29) is 29.8 Å². The van der Waals surface area contributed by atoms with E-state index in [1.807, 2.05) is 6.07 Å². The fourth-order valence-corrected chi connectivity index (χ4v) is 3.81. The normalized spacial score (nSPS) is 15.2. The van der Waals surface area contributed by atoms with E-state index >= 15 is 0 Å². The van der Waals surface area contributed by atoms with Crippen molar-refractivity contribution in [3.63, 3.8) is 0 Å². The van der Waals surface area contributed by atoms with Crippen LogP contribution in [0.25, 0.3) is 0 Å². The SMILES string of the molecule is N#Cc1ccc(OC2CN(S(=O)(=O)c3cccc([N+](=O)[O-])c3)C2)nc1. The van der Waals surface area contributed by atoms with E-state index in [9.17, 15) is 18.5 Å². The number of sulfonamides is 1. The van der Waals surface area contributed by atoms with Crippen molar-refractivity contribution in [2.75, 3.05) is 13.1 Å². The zero-order valence-electron chi connectivity index (χ0n) is 12.8. The Kier molecular flexibility index (Phi) is 4.35. The van der Waals surface area contributed by atoms with Gasteiger partial charge in [-0.2, -0.15) is 9.57 Å². The highest BCUT2D eigenvalue weighted by Gasteiger charge is 2.38. The summed E-state index contributed by atoms with van der Waals surface area (Å²) in [7, 11) is -3.81. The van der Waals surface area contributed by atoms with Gasteiger partial charge >= 0.3 is 0 Å². The number of nitrogens with zero attached hydrogens (tertiary/aromatic N) is 4. The van der Waals surface area contributed by atoms with Gasteiger partial charge in [-0.1, -0.05) is 6.07 Å². The highest BCUT2D eigenvalue weighted by atomic mass is 32.2. The molecule has 1 aromatic heterocycles. The summed E-state index contributed by atoms with van der Waals surface area (Å²) >= 11 is 0. The Bertz CT molecular complexity index is 947. The lowest BCUT2D eigenvalue weighted by Gasteiger charge is -2.37.